The van der Waals surface area contributed by atoms with Crippen molar-refractivity contribution in [3.05, 3.63) is 0 Å². The summed E-state index contributed by atoms with van der Waals surface area (Å²) in [7, 11) is -1.85. The summed E-state index contributed by atoms with van der Waals surface area (Å²) in [5, 5.41) is 0. The smallest absolute Gasteiger partial charge is 0.258 e. The maximum absolute atomic E-state index is 12.8. The second kappa shape index (κ2) is 4.96. The molecule has 1 unspecified atom stereocenters. The maximum atomic E-state index is 12.8. The number of rotatable bonds is 4. The summed E-state index contributed by atoms with van der Waals surface area (Å²) < 4.78 is 18.8. The zero-order valence-corrected chi connectivity index (χ0v) is 11.6. The van der Waals surface area contributed by atoms with Gasteiger partial charge in [-0.1, -0.05) is 27.2 Å². The Balaban J connectivity index is 2.91. The molecule has 1 fully saturated rings. The molecule has 0 radical (unpaired) electrons. The molecule has 14 heavy (non-hydrogen) atoms. The van der Waals surface area contributed by atoms with Gasteiger partial charge >= 0.3 is 0 Å². The Labute approximate surface area is 88.8 Å². The van der Waals surface area contributed by atoms with E-state index in [0.717, 1.165) is 31.0 Å². The van der Waals surface area contributed by atoms with Crippen molar-refractivity contribution >= 4 is 14.7 Å². The summed E-state index contributed by atoms with van der Waals surface area (Å²) in [5.74, 6) is 0. The molecule has 2 nitrogen and oxygen atoms in total. The van der Waals surface area contributed by atoms with Crippen molar-refractivity contribution in [2.75, 3.05) is 18.9 Å². The van der Waals surface area contributed by atoms with Gasteiger partial charge in [0.2, 0.25) is 0 Å². The van der Waals surface area contributed by atoms with E-state index in [1.807, 2.05) is 0 Å². The molecule has 1 heterocycles. The third kappa shape index (κ3) is 2.00. The van der Waals surface area contributed by atoms with Gasteiger partial charge in [0.1, 0.15) is 0 Å². The number of hydrogen-bond donors (Lipinski definition) is 0. The normalized spacial score (nSPS) is 29.1. The minimum absolute atomic E-state index is 0.851. The third-order valence-electron chi connectivity index (χ3n) is 3.65. The molecule has 1 atom stereocenters. The minimum atomic E-state index is -1.97. The molecule has 1 aliphatic heterocycles. The Hall–Kier alpha value is 0.407. The van der Waals surface area contributed by atoms with Crippen molar-refractivity contribution < 1.29 is 8.99 Å². The van der Waals surface area contributed by atoms with Gasteiger partial charge in [0.15, 0.2) is 0 Å². The highest BCUT2D eigenvalue weighted by Gasteiger charge is 2.49. The lowest BCUT2D eigenvalue weighted by molar-refractivity contribution is 0.279. The van der Waals surface area contributed by atoms with Crippen LogP contribution in [0.5, 0.6) is 0 Å². The van der Waals surface area contributed by atoms with Crippen molar-refractivity contribution in [2.24, 2.45) is 0 Å². The standard InChI is InChI=1S/C10H23O2PSi/c1-4-13(11,5-2)14(6-3)10-8-7-9-12-14/h4-10H2,1-3H3. The van der Waals surface area contributed by atoms with Crippen LogP contribution in [0.1, 0.15) is 33.6 Å². The second-order valence-electron chi connectivity index (χ2n) is 4.13. The van der Waals surface area contributed by atoms with E-state index in [4.69, 9.17) is 4.43 Å². The molecule has 4 heteroatoms. The minimum Gasteiger partial charge on any atom is -0.409 e. The van der Waals surface area contributed by atoms with Crippen molar-refractivity contribution in [3.63, 3.8) is 0 Å². The fourth-order valence-corrected chi connectivity index (χ4v) is 15.2. The van der Waals surface area contributed by atoms with Crippen LogP contribution in [0.4, 0.5) is 0 Å². The van der Waals surface area contributed by atoms with E-state index in [1.54, 1.807) is 0 Å². The summed E-state index contributed by atoms with van der Waals surface area (Å²) in [5.41, 5.74) is 0. The first-order valence-corrected chi connectivity index (χ1v) is 11.1. The Morgan fingerprint density at radius 1 is 1.21 bits per heavy atom. The molecule has 0 aliphatic carbocycles. The molecule has 0 saturated carbocycles. The molecule has 0 spiro atoms. The Morgan fingerprint density at radius 2 is 1.86 bits per heavy atom. The molecule has 1 saturated heterocycles. The average molecular weight is 234 g/mol. The van der Waals surface area contributed by atoms with Crippen LogP contribution in [0.25, 0.3) is 0 Å². The van der Waals surface area contributed by atoms with Crippen LogP contribution in [-0.4, -0.2) is 26.9 Å². The highest BCUT2D eigenvalue weighted by molar-refractivity contribution is 7.98. The van der Waals surface area contributed by atoms with Crippen molar-refractivity contribution in [1.29, 1.82) is 0 Å². The molecule has 0 amide bonds. The van der Waals surface area contributed by atoms with Crippen LogP contribution in [0.15, 0.2) is 0 Å². The van der Waals surface area contributed by atoms with Crippen LogP contribution >= 0.6 is 6.69 Å². The van der Waals surface area contributed by atoms with Crippen LogP contribution in [0.3, 0.4) is 0 Å². The third-order valence-corrected chi connectivity index (χ3v) is 18.5. The molecule has 1 aliphatic rings. The predicted molar refractivity (Wildman–Crippen MR) is 64.9 cm³/mol. The van der Waals surface area contributed by atoms with Gasteiger partial charge in [0.25, 0.3) is 7.98 Å². The van der Waals surface area contributed by atoms with Gasteiger partial charge in [-0.05, 0) is 30.8 Å². The summed E-state index contributed by atoms with van der Waals surface area (Å²) in [6.07, 6.45) is 4.11. The fourth-order valence-electron chi connectivity index (χ4n) is 2.53. The molecule has 0 aromatic rings. The van der Waals surface area contributed by atoms with Gasteiger partial charge in [-0.25, -0.2) is 0 Å². The highest BCUT2D eigenvalue weighted by atomic mass is 31.4. The SMILES string of the molecule is CC[Si]1(P(=O)(CC)CC)CCCCO1. The quantitative estimate of drug-likeness (QED) is 0.548. The zero-order valence-electron chi connectivity index (χ0n) is 9.71. The maximum Gasteiger partial charge on any atom is 0.258 e. The van der Waals surface area contributed by atoms with E-state index in [1.165, 1.54) is 12.8 Å². The molecule has 1 rings (SSSR count). The Morgan fingerprint density at radius 3 is 2.21 bits per heavy atom. The highest BCUT2D eigenvalue weighted by Crippen LogP contribution is 2.59. The molecule has 0 bridgehead atoms. The van der Waals surface area contributed by atoms with E-state index >= 15 is 0 Å². The second-order valence-corrected chi connectivity index (χ2v) is 15.4. The van der Waals surface area contributed by atoms with E-state index in [2.05, 4.69) is 20.8 Å². The van der Waals surface area contributed by atoms with Crippen LogP contribution in [0.2, 0.25) is 12.1 Å². The lowest BCUT2D eigenvalue weighted by atomic mass is 10.4. The lowest BCUT2D eigenvalue weighted by Crippen LogP contribution is -2.42. The predicted octanol–water partition coefficient (Wildman–Crippen LogP) is 3.66. The van der Waals surface area contributed by atoms with Crippen LogP contribution in [-0.2, 0) is 8.99 Å². The molecule has 0 aromatic heterocycles. The van der Waals surface area contributed by atoms with E-state index in [0.29, 0.717) is 0 Å². The Bertz CT molecular complexity index is 216. The monoisotopic (exact) mass is 234 g/mol. The van der Waals surface area contributed by atoms with Crippen molar-refractivity contribution in [1.82, 2.24) is 0 Å². The first kappa shape index (κ1) is 12.5. The summed E-state index contributed by atoms with van der Waals surface area (Å²) in [6.45, 7) is 5.22. The first-order valence-electron chi connectivity index (χ1n) is 5.86. The van der Waals surface area contributed by atoms with Gasteiger partial charge in [-0.15, -0.1) is 0 Å². The molecule has 0 aromatic carbocycles. The van der Waals surface area contributed by atoms with Gasteiger partial charge in [0.05, 0.1) is 6.69 Å². The van der Waals surface area contributed by atoms with E-state index in [9.17, 15) is 4.57 Å². The average Bonchev–Trinajstić information content (AvgIpc) is 2.28. The fraction of sp³-hybridized carbons (Fsp3) is 1.00. The molecule has 84 valence electrons. The molecular weight excluding hydrogens is 211 g/mol. The van der Waals surface area contributed by atoms with Gasteiger partial charge < -0.3 is 8.99 Å². The van der Waals surface area contributed by atoms with E-state index in [-0.39, 0.29) is 0 Å². The lowest BCUT2D eigenvalue weighted by Gasteiger charge is -2.39. The van der Waals surface area contributed by atoms with Gasteiger partial charge in [-0.2, -0.15) is 0 Å². The summed E-state index contributed by atoms with van der Waals surface area (Å²) >= 11 is 0. The first-order chi connectivity index (χ1) is 6.64. The zero-order chi connectivity index (χ0) is 10.7. The van der Waals surface area contributed by atoms with Gasteiger partial charge in [-0.3, -0.25) is 0 Å². The van der Waals surface area contributed by atoms with Crippen molar-refractivity contribution in [2.45, 2.75) is 45.7 Å². The van der Waals surface area contributed by atoms with Crippen LogP contribution in [0, 0.1) is 0 Å². The largest absolute Gasteiger partial charge is 0.409 e. The van der Waals surface area contributed by atoms with Gasteiger partial charge in [0, 0.05) is 6.61 Å². The number of hydrogen-bond acceptors (Lipinski definition) is 2. The summed E-state index contributed by atoms with van der Waals surface area (Å²) in [6, 6.07) is 2.19. The Kier molecular flexibility index (Phi) is 4.42. The van der Waals surface area contributed by atoms with E-state index < -0.39 is 14.7 Å². The summed E-state index contributed by atoms with van der Waals surface area (Å²) in [4.78, 5) is 0. The van der Waals surface area contributed by atoms with Crippen LogP contribution < -0.4 is 0 Å². The molecule has 0 N–H and O–H groups in total. The van der Waals surface area contributed by atoms with Crippen molar-refractivity contribution in [3.8, 4) is 0 Å². The topological polar surface area (TPSA) is 26.3 Å². The molecular formula is C10H23O2PSi.